The number of hydrogen-bond acceptors (Lipinski definition) is 4. The smallest absolute Gasteiger partial charge is 0.416 e. The van der Waals surface area contributed by atoms with Crippen molar-refractivity contribution in [3.05, 3.63) is 95.3 Å². The van der Waals surface area contributed by atoms with Crippen LogP contribution in [0.15, 0.2) is 72.8 Å². The number of halogens is 3. The molecule has 3 aromatic rings. The van der Waals surface area contributed by atoms with Gasteiger partial charge in [-0.2, -0.15) is 13.2 Å². The normalized spacial score (nSPS) is 19.4. The summed E-state index contributed by atoms with van der Waals surface area (Å²) in [6.45, 7) is 4.53. The molecular formula is C31H30F3N3O3. The first kappa shape index (κ1) is 27.4. The quantitative estimate of drug-likeness (QED) is 0.354. The second kappa shape index (κ2) is 11.5. The lowest BCUT2D eigenvalue weighted by Gasteiger charge is -2.22. The minimum Gasteiger partial charge on any atom is -0.457 e. The highest BCUT2D eigenvalue weighted by Gasteiger charge is 2.37. The van der Waals surface area contributed by atoms with E-state index in [0.717, 1.165) is 36.4 Å². The van der Waals surface area contributed by atoms with E-state index in [0.29, 0.717) is 49.3 Å². The van der Waals surface area contributed by atoms with Gasteiger partial charge in [-0.1, -0.05) is 6.07 Å². The SMILES string of the molecule is Cc1cccc(/C=C/C(=O)N2C[C@H]3CCN(C(=O)c4ccc(Oc5ccc(C(F)(F)F)cc5)cc4)CC[C@H]3C2)n1. The molecule has 208 valence electrons. The molecule has 40 heavy (non-hydrogen) atoms. The fraction of sp³-hybridized carbons (Fsp3) is 0.323. The molecule has 6 nitrogen and oxygen atoms in total. The van der Waals surface area contributed by atoms with Crippen LogP contribution in [0.5, 0.6) is 11.5 Å². The maximum Gasteiger partial charge on any atom is 0.416 e. The molecule has 2 amide bonds. The lowest BCUT2D eigenvalue weighted by atomic mass is 9.92. The third-order valence-electron chi connectivity index (χ3n) is 7.54. The van der Waals surface area contributed by atoms with Gasteiger partial charge in [-0.3, -0.25) is 14.6 Å². The minimum atomic E-state index is -4.40. The van der Waals surface area contributed by atoms with Gasteiger partial charge in [-0.05, 0) is 98.3 Å². The van der Waals surface area contributed by atoms with Crippen molar-refractivity contribution in [3.63, 3.8) is 0 Å². The van der Waals surface area contributed by atoms with E-state index >= 15 is 0 Å². The molecule has 0 aliphatic carbocycles. The molecule has 2 aromatic carbocycles. The summed E-state index contributed by atoms with van der Waals surface area (Å²) in [4.78, 5) is 34.1. The van der Waals surface area contributed by atoms with Crippen molar-refractivity contribution in [2.24, 2.45) is 11.8 Å². The van der Waals surface area contributed by atoms with E-state index in [-0.39, 0.29) is 17.6 Å². The monoisotopic (exact) mass is 549 g/mol. The fourth-order valence-electron chi connectivity index (χ4n) is 5.35. The van der Waals surface area contributed by atoms with Crippen molar-refractivity contribution in [1.29, 1.82) is 0 Å². The van der Waals surface area contributed by atoms with E-state index in [4.69, 9.17) is 4.74 Å². The summed E-state index contributed by atoms with van der Waals surface area (Å²) in [5.41, 5.74) is 1.45. The van der Waals surface area contributed by atoms with Gasteiger partial charge in [0.15, 0.2) is 0 Å². The average molecular weight is 550 g/mol. The largest absolute Gasteiger partial charge is 0.457 e. The van der Waals surface area contributed by atoms with Gasteiger partial charge < -0.3 is 14.5 Å². The molecule has 2 saturated heterocycles. The number of aromatic nitrogens is 1. The van der Waals surface area contributed by atoms with Crippen LogP contribution in [0.2, 0.25) is 0 Å². The Kier molecular flexibility index (Phi) is 7.91. The molecule has 0 N–H and O–H groups in total. The van der Waals surface area contributed by atoms with Crippen molar-refractivity contribution < 1.29 is 27.5 Å². The molecule has 0 radical (unpaired) electrons. The van der Waals surface area contributed by atoms with E-state index in [1.165, 1.54) is 12.1 Å². The molecular weight excluding hydrogens is 519 g/mol. The number of fused-ring (bicyclic) bond motifs is 1. The van der Waals surface area contributed by atoms with Gasteiger partial charge in [-0.15, -0.1) is 0 Å². The molecule has 5 rings (SSSR count). The first-order chi connectivity index (χ1) is 19.2. The summed E-state index contributed by atoms with van der Waals surface area (Å²) >= 11 is 0. The summed E-state index contributed by atoms with van der Waals surface area (Å²) in [6.07, 6.45) is 0.606. The number of aryl methyl sites for hydroxylation is 1. The van der Waals surface area contributed by atoms with Gasteiger partial charge in [0.05, 0.1) is 11.3 Å². The second-order valence-corrected chi connectivity index (χ2v) is 10.3. The first-order valence-corrected chi connectivity index (χ1v) is 13.3. The lowest BCUT2D eigenvalue weighted by Crippen LogP contribution is -2.33. The Morgan fingerprint density at radius 3 is 2.05 bits per heavy atom. The number of hydrogen-bond donors (Lipinski definition) is 0. The van der Waals surface area contributed by atoms with Crippen molar-refractivity contribution in [2.75, 3.05) is 26.2 Å². The predicted molar refractivity (Wildman–Crippen MR) is 145 cm³/mol. The Labute approximate surface area is 231 Å². The average Bonchev–Trinajstić information content (AvgIpc) is 3.24. The number of pyridine rings is 1. The van der Waals surface area contributed by atoms with E-state index in [1.54, 1.807) is 36.4 Å². The summed E-state index contributed by atoms with van der Waals surface area (Å²) in [5.74, 6) is 1.34. The molecule has 0 spiro atoms. The third kappa shape index (κ3) is 6.52. The van der Waals surface area contributed by atoms with Crippen LogP contribution in [0, 0.1) is 18.8 Å². The van der Waals surface area contributed by atoms with Crippen LogP contribution >= 0.6 is 0 Å². The molecule has 1 aromatic heterocycles. The maximum absolute atomic E-state index is 13.2. The number of alkyl halides is 3. The zero-order valence-corrected chi connectivity index (χ0v) is 22.1. The molecule has 2 atom stereocenters. The molecule has 9 heteroatoms. The van der Waals surface area contributed by atoms with Crippen LogP contribution in [-0.2, 0) is 11.0 Å². The number of carbonyl (C=O) groups excluding carboxylic acids is 2. The summed E-state index contributed by atoms with van der Waals surface area (Å²) < 4.78 is 43.9. The molecule has 2 aliphatic rings. The van der Waals surface area contributed by atoms with Crippen LogP contribution < -0.4 is 4.74 Å². The van der Waals surface area contributed by atoms with Crippen LogP contribution in [0.3, 0.4) is 0 Å². The zero-order chi connectivity index (χ0) is 28.3. The number of ether oxygens (including phenoxy) is 1. The Hall–Kier alpha value is -4.14. The maximum atomic E-state index is 13.2. The Morgan fingerprint density at radius 2 is 1.48 bits per heavy atom. The standard InChI is InChI=1S/C31H30F3N3O3/c1-21-3-2-4-26(35-21)9-14-29(38)37-19-23-15-17-36(18-16-24(23)20-37)30(39)22-5-10-27(11-6-22)40-28-12-7-25(8-13-28)31(32,33)34/h2-14,23-24H,15-20H2,1H3/b14-9+/t23-,24+. The first-order valence-electron chi connectivity index (χ1n) is 13.3. The number of carbonyl (C=O) groups is 2. The van der Waals surface area contributed by atoms with Crippen LogP contribution in [0.4, 0.5) is 13.2 Å². The topological polar surface area (TPSA) is 62.7 Å². The van der Waals surface area contributed by atoms with Gasteiger partial charge in [0.1, 0.15) is 11.5 Å². The Balaban J connectivity index is 1.13. The van der Waals surface area contributed by atoms with E-state index < -0.39 is 11.7 Å². The predicted octanol–water partition coefficient (Wildman–Crippen LogP) is 6.23. The van der Waals surface area contributed by atoms with Crippen molar-refractivity contribution in [3.8, 4) is 11.5 Å². The second-order valence-electron chi connectivity index (χ2n) is 10.3. The number of benzene rings is 2. The number of amides is 2. The van der Waals surface area contributed by atoms with Crippen molar-refractivity contribution in [2.45, 2.75) is 25.9 Å². The van der Waals surface area contributed by atoms with E-state index in [1.807, 2.05) is 34.9 Å². The zero-order valence-electron chi connectivity index (χ0n) is 22.1. The minimum absolute atomic E-state index is 0.0112. The molecule has 3 heterocycles. The van der Waals surface area contributed by atoms with Crippen LogP contribution in [0.25, 0.3) is 6.08 Å². The molecule has 2 aliphatic heterocycles. The third-order valence-corrected chi connectivity index (χ3v) is 7.54. The summed E-state index contributed by atoms with van der Waals surface area (Å²) in [6, 6.07) is 16.8. The van der Waals surface area contributed by atoms with Gasteiger partial charge in [0.25, 0.3) is 5.91 Å². The van der Waals surface area contributed by atoms with Gasteiger partial charge in [-0.25, -0.2) is 0 Å². The highest BCUT2D eigenvalue weighted by molar-refractivity contribution is 5.94. The van der Waals surface area contributed by atoms with Gasteiger partial charge >= 0.3 is 6.18 Å². The number of likely N-dealkylation sites (tertiary alicyclic amines) is 2. The molecule has 2 fully saturated rings. The van der Waals surface area contributed by atoms with E-state index in [2.05, 4.69) is 4.98 Å². The molecule has 0 unspecified atom stereocenters. The summed E-state index contributed by atoms with van der Waals surface area (Å²) in [5, 5.41) is 0. The Bertz CT molecular complexity index is 1370. The number of nitrogens with zero attached hydrogens (tertiary/aromatic N) is 3. The summed E-state index contributed by atoms with van der Waals surface area (Å²) in [7, 11) is 0. The van der Waals surface area contributed by atoms with Crippen LogP contribution in [0.1, 0.15) is 40.2 Å². The molecule has 0 bridgehead atoms. The van der Waals surface area contributed by atoms with Gasteiger partial charge in [0.2, 0.25) is 5.91 Å². The Morgan fingerprint density at radius 1 is 0.875 bits per heavy atom. The fourth-order valence-corrected chi connectivity index (χ4v) is 5.35. The highest BCUT2D eigenvalue weighted by Crippen LogP contribution is 2.33. The highest BCUT2D eigenvalue weighted by atomic mass is 19.4. The van der Waals surface area contributed by atoms with Crippen molar-refractivity contribution in [1.82, 2.24) is 14.8 Å². The lowest BCUT2D eigenvalue weighted by molar-refractivity contribution is -0.137. The number of rotatable bonds is 5. The van der Waals surface area contributed by atoms with Gasteiger partial charge in [0, 0.05) is 43.5 Å². The van der Waals surface area contributed by atoms with Crippen molar-refractivity contribution >= 4 is 17.9 Å². The van der Waals surface area contributed by atoms with E-state index in [9.17, 15) is 22.8 Å². The molecule has 0 saturated carbocycles. The van der Waals surface area contributed by atoms with Crippen LogP contribution in [-0.4, -0.2) is 52.8 Å².